The van der Waals surface area contributed by atoms with Gasteiger partial charge in [0.1, 0.15) is 11.9 Å². The summed E-state index contributed by atoms with van der Waals surface area (Å²) in [6, 6.07) is 14.5. The van der Waals surface area contributed by atoms with Gasteiger partial charge in [0.15, 0.2) is 0 Å². The second kappa shape index (κ2) is 7.49. The lowest BCUT2D eigenvalue weighted by atomic mass is 10.1. The summed E-state index contributed by atoms with van der Waals surface area (Å²) >= 11 is 1.56. The van der Waals surface area contributed by atoms with Crippen LogP contribution in [0.4, 0.5) is 4.39 Å². The molecule has 0 spiro atoms. The second-order valence-corrected chi connectivity index (χ2v) is 6.50. The van der Waals surface area contributed by atoms with E-state index in [2.05, 4.69) is 5.32 Å². The van der Waals surface area contributed by atoms with Crippen LogP contribution in [0, 0.1) is 5.82 Å². The van der Waals surface area contributed by atoms with Crippen LogP contribution in [0.15, 0.2) is 54.6 Å². The maximum Gasteiger partial charge on any atom is 0.255 e. The van der Waals surface area contributed by atoms with E-state index < -0.39 is 6.04 Å². The highest BCUT2D eigenvalue weighted by molar-refractivity contribution is 7.99. The van der Waals surface area contributed by atoms with Crippen molar-refractivity contribution in [3.05, 3.63) is 71.5 Å². The van der Waals surface area contributed by atoms with E-state index in [1.54, 1.807) is 53.1 Å². The molecule has 1 heterocycles. The van der Waals surface area contributed by atoms with Gasteiger partial charge in [0.25, 0.3) is 5.91 Å². The second-order valence-electron chi connectivity index (χ2n) is 5.50. The molecular weight excluding hydrogens is 327 g/mol. The zero-order valence-corrected chi connectivity index (χ0v) is 13.8. The fourth-order valence-electron chi connectivity index (χ4n) is 2.52. The van der Waals surface area contributed by atoms with Crippen LogP contribution in [0.3, 0.4) is 0 Å². The molecule has 0 unspecified atom stereocenters. The van der Waals surface area contributed by atoms with Gasteiger partial charge in [-0.2, -0.15) is 0 Å². The summed E-state index contributed by atoms with van der Waals surface area (Å²) in [5.74, 6) is 0.448. The molecular formula is C18H17FN2O2S. The Balaban J connectivity index is 1.63. The quantitative estimate of drug-likeness (QED) is 0.928. The number of nitrogens with one attached hydrogen (secondary N) is 1. The lowest BCUT2D eigenvalue weighted by Crippen LogP contribution is -2.47. The molecule has 24 heavy (non-hydrogen) atoms. The van der Waals surface area contributed by atoms with Gasteiger partial charge in [-0.05, 0) is 29.8 Å². The molecule has 1 aliphatic heterocycles. The van der Waals surface area contributed by atoms with E-state index in [-0.39, 0.29) is 17.6 Å². The number of thioether (sulfide) groups is 1. The minimum Gasteiger partial charge on any atom is -0.350 e. The Labute approximate surface area is 144 Å². The Hall–Kier alpha value is -2.34. The molecule has 6 heteroatoms. The average Bonchev–Trinajstić information content (AvgIpc) is 3.11. The largest absolute Gasteiger partial charge is 0.350 e. The third-order valence-electron chi connectivity index (χ3n) is 3.85. The maximum absolute atomic E-state index is 12.9. The molecule has 0 radical (unpaired) electrons. The van der Waals surface area contributed by atoms with Crippen molar-refractivity contribution < 1.29 is 14.0 Å². The molecule has 1 N–H and O–H groups in total. The topological polar surface area (TPSA) is 49.4 Å². The zero-order valence-electron chi connectivity index (χ0n) is 12.9. The first kappa shape index (κ1) is 16.5. The number of nitrogens with zero attached hydrogens (tertiary/aromatic N) is 1. The number of halogens is 1. The molecule has 0 bridgehead atoms. The van der Waals surface area contributed by atoms with Crippen LogP contribution in [-0.2, 0) is 11.3 Å². The first-order valence-electron chi connectivity index (χ1n) is 7.61. The van der Waals surface area contributed by atoms with E-state index in [9.17, 15) is 14.0 Å². The normalized spacial score (nSPS) is 16.9. The lowest BCUT2D eigenvalue weighted by Gasteiger charge is -2.23. The van der Waals surface area contributed by atoms with E-state index >= 15 is 0 Å². The lowest BCUT2D eigenvalue weighted by molar-refractivity contribution is -0.124. The predicted molar refractivity (Wildman–Crippen MR) is 92.0 cm³/mol. The van der Waals surface area contributed by atoms with Crippen molar-refractivity contribution in [1.82, 2.24) is 10.2 Å². The fourth-order valence-corrected chi connectivity index (χ4v) is 3.67. The molecule has 2 aromatic carbocycles. The summed E-state index contributed by atoms with van der Waals surface area (Å²) in [5.41, 5.74) is 1.40. The highest BCUT2D eigenvalue weighted by Crippen LogP contribution is 2.23. The van der Waals surface area contributed by atoms with Crippen LogP contribution in [-0.4, -0.2) is 34.4 Å². The van der Waals surface area contributed by atoms with Crippen LogP contribution in [0.1, 0.15) is 15.9 Å². The summed E-state index contributed by atoms with van der Waals surface area (Å²) < 4.78 is 12.9. The van der Waals surface area contributed by atoms with Gasteiger partial charge in [-0.15, -0.1) is 11.8 Å². The Morgan fingerprint density at radius 2 is 1.83 bits per heavy atom. The standard InChI is InChI=1S/C18H17FN2O2S/c19-15-8-6-13(7-9-15)10-20-17(22)16-11-24-12-21(16)18(23)14-4-2-1-3-5-14/h1-9,16H,10-12H2,(H,20,22)/t16-/m0/s1. The number of hydrogen-bond donors (Lipinski definition) is 1. The molecule has 124 valence electrons. The van der Waals surface area contributed by atoms with Crippen molar-refractivity contribution in [2.24, 2.45) is 0 Å². The molecule has 1 saturated heterocycles. The van der Waals surface area contributed by atoms with Gasteiger partial charge in [-0.3, -0.25) is 9.59 Å². The van der Waals surface area contributed by atoms with E-state index in [1.165, 1.54) is 12.1 Å². The van der Waals surface area contributed by atoms with Crippen molar-refractivity contribution in [2.75, 3.05) is 11.6 Å². The highest BCUT2D eigenvalue weighted by Gasteiger charge is 2.34. The Morgan fingerprint density at radius 1 is 1.12 bits per heavy atom. The van der Waals surface area contributed by atoms with E-state index in [4.69, 9.17) is 0 Å². The smallest absolute Gasteiger partial charge is 0.255 e. The van der Waals surface area contributed by atoms with Gasteiger partial charge in [-0.25, -0.2) is 4.39 Å². The molecule has 0 aliphatic carbocycles. The number of carbonyl (C=O) groups excluding carboxylic acids is 2. The first-order chi connectivity index (χ1) is 11.6. The van der Waals surface area contributed by atoms with Gasteiger partial charge in [0.2, 0.25) is 5.91 Å². The summed E-state index contributed by atoms with van der Waals surface area (Å²) in [4.78, 5) is 26.6. The Morgan fingerprint density at radius 3 is 2.54 bits per heavy atom. The van der Waals surface area contributed by atoms with E-state index in [1.807, 2.05) is 6.07 Å². The minimum atomic E-state index is -0.483. The van der Waals surface area contributed by atoms with Crippen LogP contribution in [0.2, 0.25) is 0 Å². The van der Waals surface area contributed by atoms with Crippen LogP contribution >= 0.6 is 11.8 Å². The summed E-state index contributed by atoms with van der Waals surface area (Å²) in [7, 11) is 0. The first-order valence-corrected chi connectivity index (χ1v) is 8.76. The van der Waals surface area contributed by atoms with Crippen molar-refractivity contribution in [3.8, 4) is 0 Å². The predicted octanol–water partition coefficient (Wildman–Crippen LogP) is 2.66. The number of amides is 2. The van der Waals surface area contributed by atoms with Gasteiger partial charge in [0.05, 0.1) is 5.88 Å². The van der Waals surface area contributed by atoms with Gasteiger partial charge in [-0.1, -0.05) is 30.3 Å². The SMILES string of the molecule is O=C(NCc1ccc(F)cc1)[C@@H]1CSCN1C(=O)c1ccccc1. The Kier molecular flexibility index (Phi) is 5.15. The van der Waals surface area contributed by atoms with Crippen LogP contribution in [0.5, 0.6) is 0 Å². The molecule has 0 saturated carbocycles. The van der Waals surface area contributed by atoms with Crippen LogP contribution < -0.4 is 5.32 Å². The maximum atomic E-state index is 12.9. The zero-order chi connectivity index (χ0) is 16.9. The van der Waals surface area contributed by atoms with Gasteiger partial charge < -0.3 is 10.2 Å². The monoisotopic (exact) mass is 344 g/mol. The van der Waals surface area contributed by atoms with E-state index in [0.29, 0.717) is 23.7 Å². The Bertz CT molecular complexity index is 722. The van der Waals surface area contributed by atoms with Crippen molar-refractivity contribution in [2.45, 2.75) is 12.6 Å². The number of rotatable bonds is 4. The summed E-state index contributed by atoms with van der Waals surface area (Å²) in [5, 5.41) is 2.83. The minimum absolute atomic E-state index is 0.137. The number of hydrogen-bond acceptors (Lipinski definition) is 3. The third-order valence-corrected chi connectivity index (χ3v) is 4.86. The average molecular weight is 344 g/mol. The highest BCUT2D eigenvalue weighted by atomic mass is 32.2. The van der Waals surface area contributed by atoms with Crippen molar-refractivity contribution in [1.29, 1.82) is 0 Å². The molecule has 0 aromatic heterocycles. The summed E-state index contributed by atoms with van der Waals surface area (Å²) in [6.07, 6.45) is 0. The molecule has 2 amide bonds. The molecule has 4 nitrogen and oxygen atoms in total. The number of benzene rings is 2. The molecule has 3 rings (SSSR count). The summed E-state index contributed by atoms with van der Waals surface area (Å²) in [6.45, 7) is 0.313. The molecule has 1 fully saturated rings. The van der Waals surface area contributed by atoms with E-state index in [0.717, 1.165) is 5.56 Å². The molecule has 1 atom stereocenters. The van der Waals surface area contributed by atoms with Gasteiger partial charge >= 0.3 is 0 Å². The fraction of sp³-hybridized carbons (Fsp3) is 0.222. The van der Waals surface area contributed by atoms with Crippen molar-refractivity contribution >= 4 is 23.6 Å². The molecule has 1 aliphatic rings. The van der Waals surface area contributed by atoms with Crippen molar-refractivity contribution in [3.63, 3.8) is 0 Å². The number of carbonyl (C=O) groups is 2. The van der Waals surface area contributed by atoms with Gasteiger partial charge in [0, 0.05) is 17.9 Å². The third kappa shape index (κ3) is 3.76. The van der Waals surface area contributed by atoms with Crippen LogP contribution in [0.25, 0.3) is 0 Å². The molecule has 2 aromatic rings.